The molecule has 0 aliphatic carbocycles. The van der Waals surface area contributed by atoms with E-state index in [1.807, 2.05) is 6.07 Å². The summed E-state index contributed by atoms with van der Waals surface area (Å²) in [6.45, 7) is 4.75. The summed E-state index contributed by atoms with van der Waals surface area (Å²) < 4.78 is 0. The number of piperidine rings is 1. The van der Waals surface area contributed by atoms with E-state index in [0.717, 1.165) is 24.7 Å². The topological polar surface area (TPSA) is 32.5 Å². The van der Waals surface area contributed by atoms with Crippen molar-refractivity contribution in [2.24, 2.45) is 0 Å². The first-order valence-electron chi connectivity index (χ1n) is 7.03. The molecular formula is C15H23N3. The number of nitrogens with zero attached hydrogens (tertiary/aromatic N) is 2. The van der Waals surface area contributed by atoms with Gasteiger partial charge in [-0.25, -0.2) is 0 Å². The summed E-state index contributed by atoms with van der Waals surface area (Å²) in [7, 11) is 2.22. The average molecular weight is 245 g/mol. The molecule has 2 aliphatic rings. The molecular weight excluding hydrogens is 222 g/mol. The summed E-state index contributed by atoms with van der Waals surface area (Å²) >= 11 is 0. The lowest BCUT2D eigenvalue weighted by Crippen LogP contribution is -2.45. The van der Waals surface area contributed by atoms with Gasteiger partial charge in [-0.2, -0.15) is 0 Å². The van der Waals surface area contributed by atoms with E-state index in [0.29, 0.717) is 0 Å². The van der Waals surface area contributed by atoms with Crippen molar-refractivity contribution in [3.05, 3.63) is 29.3 Å². The van der Waals surface area contributed by atoms with Gasteiger partial charge in [0.2, 0.25) is 0 Å². The molecule has 2 heterocycles. The second kappa shape index (κ2) is 4.90. The predicted octanol–water partition coefficient (Wildman–Crippen LogP) is 1.72. The summed E-state index contributed by atoms with van der Waals surface area (Å²) in [5, 5.41) is 0. The van der Waals surface area contributed by atoms with Gasteiger partial charge >= 0.3 is 0 Å². The number of benzene rings is 1. The van der Waals surface area contributed by atoms with Crippen molar-refractivity contribution in [2.45, 2.75) is 31.8 Å². The molecule has 18 heavy (non-hydrogen) atoms. The van der Waals surface area contributed by atoms with Crippen LogP contribution >= 0.6 is 0 Å². The van der Waals surface area contributed by atoms with Crippen LogP contribution < -0.4 is 5.73 Å². The number of nitrogen functional groups attached to an aromatic ring is 1. The van der Waals surface area contributed by atoms with Crippen molar-refractivity contribution in [3.8, 4) is 0 Å². The number of likely N-dealkylation sites (tertiary alicyclic amines) is 1. The highest BCUT2D eigenvalue weighted by Crippen LogP contribution is 2.27. The molecule has 3 rings (SSSR count). The van der Waals surface area contributed by atoms with Crippen LogP contribution in [0.15, 0.2) is 18.2 Å². The van der Waals surface area contributed by atoms with Crippen molar-refractivity contribution < 1.29 is 0 Å². The van der Waals surface area contributed by atoms with E-state index in [4.69, 9.17) is 5.73 Å². The number of fused-ring (bicyclic) bond motifs is 1. The third-order valence-corrected chi connectivity index (χ3v) is 4.54. The van der Waals surface area contributed by atoms with Gasteiger partial charge in [0.25, 0.3) is 0 Å². The van der Waals surface area contributed by atoms with Crippen LogP contribution in [0.5, 0.6) is 0 Å². The van der Waals surface area contributed by atoms with E-state index in [9.17, 15) is 0 Å². The minimum atomic E-state index is 0.774. The number of hydrogen-bond donors (Lipinski definition) is 1. The van der Waals surface area contributed by atoms with E-state index < -0.39 is 0 Å². The predicted molar refractivity (Wildman–Crippen MR) is 75.5 cm³/mol. The SMILES string of the molecule is CN1CCC(N2CCc3c(N)cccc3C2)CC1. The highest BCUT2D eigenvalue weighted by molar-refractivity contribution is 5.51. The van der Waals surface area contributed by atoms with Crippen LogP contribution in [-0.4, -0.2) is 42.5 Å². The first kappa shape index (κ1) is 12.0. The Kier molecular flexibility index (Phi) is 3.27. The largest absolute Gasteiger partial charge is 0.398 e. The van der Waals surface area contributed by atoms with Gasteiger partial charge in [-0.3, -0.25) is 4.90 Å². The summed E-state index contributed by atoms with van der Waals surface area (Å²) in [6.07, 6.45) is 3.75. The summed E-state index contributed by atoms with van der Waals surface area (Å²) in [5.74, 6) is 0. The van der Waals surface area contributed by atoms with Gasteiger partial charge in [0.1, 0.15) is 0 Å². The maximum Gasteiger partial charge on any atom is 0.0350 e. The third-order valence-electron chi connectivity index (χ3n) is 4.54. The minimum absolute atomic E-state index is 0.774. The molecule has 0 saturated carbocycles. The van der Waals surface area contributed by atoms with Crippen LogP contribution in [0.3, 0.4) is 0 Å². The third kappa shape index (κ3) is 2.25. The quantitative estimate of drug-likeness (QED) is 0.765. The van der Waals surface area contributed by atoms with Gasteiger partial charge in [0.15, 0.2) is 0 Å². The van der Waals surface area contributed by atoms with E-state index >= 15 is 0 Å². The first-order chi connectivity index (χ1) is 8.74. The molecule has 0 aromatic heterocycles. The molecule has 1 fully saturated rings. The second-order valence-corrected chi connectivity index (χ2v) is 5.74. The zero-order chi connectivity index (χ0) is 12.5. The molecule has 0 bridgehead atoms. The summed E-state index contributed by atoms with van der Waals surface area (Å²) in [5.41, 5.74) is 9.88. The maximum atomic E-state index is 6.06. The van der Waals surface area contributed by atoms with Crippen LogP contribution in [0, 0.1) is 0 Å². The van der Waals surface area contributed by atoms with Crippen molar-refractivity contribution >= 4 is 5.69 Å². The first-order valence-corrected chi connectivity index (χ1v) is 7.03. The Morgan fingerprint density at radius 3 is 2.72 bits per heavy atom. The Hall–Kier alpha value is -1.06. The van der Waals surface area contributed by atoms with Gasteiger partial charge in [0.05, 0.1) is 0 Å². The molecule has 0 amide bonds. The molecule has 0 spiro atoms. The number of rotatable bonds is 1. The average Bonchev–Trinajstić information content (AvgIpc) is 2.39. The molecule has 2 aliphatic heterocycles. The van der Waals surface area contributed by atoms with E-state index in [1.54, 1.807) is 0 Å². The van der Waals surface area contributed by atoms with Gasteiger partial charge < -0.3 is 10.6 Å². The number of nitrogens with two attached hydrogens (primary N) is 1. The zero-order valence-electron chi connectivity index (χ0n) is 11.2. The molecule has 0 unspecified atom stereocenters. The molecule has 0 radical (unpaired) electrons. The molecule has 1 saturated heterocycles. The minimum Gasteiger partial charge on any atom is -0.398 e. The van der Waals surface area contributed by atoms with Crippen LogP contribution in [0.2, 0.25) is 0 Å². The Bertz CT molecular complexity index is 422. The monoisotopic (exact) mass is 245 g/mol. The van der Waals surface area contributed by atoms with E-state index in [1.165, 1.54) is 43.6 Å². The molecule has 2 N–H and O–H groups in total. The highest BCUT2D eigenvalue weighted by atomic mass is 15.2. The van der Waals surface area contributed by atoms with Crippen molar-refractivity contribution in [1.29, 1.82) is 0 Å². The maximum absolute atomic E-state index is 6.06. The lowest BCUT2D eigenvalue weighted by molar-refractivity contribution is 0.110. The number of anilines is 1. The van der Waals surface area contributed by atoms with Gasteiger partial charge in [0, 0.05) is 24.8 Å². The fourth-order valence-electron chi connectivity index (χ4n) is 3.33. The van der Waals surface area contributed by atoms with Gasteiger partial charge in [-0.15, -0.1) is 0 Å². The number of hydrogen-bond acceptors (Lipinski definition) is 3. The van der Waals surface area contributed by atoms with Crippen molar-refractivity contribution in [1.82, 2.24) is 9.80 Å². The summed E-state index contributed by atoms with van der Waals surface area (Å²) in [4.78, 5) is 5.10. The molecule has 1 aromatic carbocycles. The van der Waals surface area contributed by atoms with Crippen LogP contribution in [0.4, 0.5) is 5.69 Å². The Labute approximate surface area is 110 Å². The highest BCUT2D eigenvalue weighted by Gasteiger charge is 2.26. The van der Waals surface area contributed by atoms with Crippen molar-refractivity contribution in [3.63, 3.8) is 0 Å². The smallest absolute Gasteiger partial charge is 0.0350 e. The standard InChI is InChI=1S/C15H23N3/c1-17-8-5-13(6-9-17)18-10-7-14-12(11-18)3-2-4-15(14)16/h2-4,13H,5-11,16H2,1H3. The van der Waals surface area contributed by atoms with Crippen LogP contribution in [0.1, 0.15) is 24.0 Å². The van der Waals surface area contributed by atoms with Gasteiger partial charge in [-0.05, 0) is 56.6 Å². The van der Waals surface area contributed by atoms with E-state index in [-0.39, 0.29) is 0 Å². The molecule has 0 atom stereocenters. The van der Waals surface area contributed by atoms with Crippen LogP contribution in [-0.2, 0) is 13.0 Å². The second-order valence-electron chi connectivity index (χ2n) is 5.74. The van der Waals surface area contributed by atoms with E-state index in [2.05, 4.69) is 29.0 Å². The molecule has 3 nitrogen and oxygen atoms in total. The molecule has 1 aromatic rings. The fourth-order valence-corrected chi connectivity index (χ4v) is 3.33. The Morgan fingerprint density at radius 2 is 1.94 bits per heavy atom. The lowest BCUT2D eigenvalue weighted by atomic mass is 9.94. The normalized spacial score (nSPS) is 22.9. The van der Waals surface area contributed by atoms with Crippen molar-refractivity contribution in [2.75, 3.05) is 32.4 Å². The lowest BCUT2D eigenvalue weighted by Gasteiger charge is -2.40. The molecule has 98 valence electrons. The fraction of sp³-hybridized carbons (Fsp3) is 0.600. The van der Waals surface area contributed by atoms with Gasteiger partial charge in [-0.1, -0.05) is 12.1 Å². The van der Waals surface area contributed by atoms with Crippen LogP contribution in [0.25, 0.3) is 0 Å². The zero-order valence-corrected chi connectivity index (χ0v) is 11.2. The Balaban J connectivity index is 1.71. The summed E-state index contributed by atoms with van der Waals surface area (Å²) in [6, 6.07) is 7.14. The molecule has 3 heteroatoms. The Morgan fingerprint density at radius 1 is 1.17 bits per heavy atom.